The first-order chi connectivity index (χ1) is 9.97. The van der Waals surface area contributed by atoms with Crippen LogP contribution in [0.25, 0.3) is 0 Å². The summed E-state index contributed by atoms with van der Waals surface area (Å²) in [6.07, 6.45) is 3.58. The Labute approximate surface area is 129 Å². The molecule has 0 spiro atoms. The Morgan fingerprint density at radius 1 is 1.10 bits per heavy atom. The van der Waals surface area contributed by atoms with Crippen LogP contribution in [0.4, 0.5) is 0 Å². The zero-order valence-electron chi connectivity index (χ0n) is 13.6. The normalized spacial score (nSPS) is 16.0. The highest BCUT2D eigenvalue weighted by Gasteiger charge is 2.16. The summed E-state index contributed by atoms with van der Waals surface area (Å²) in [7, 11) is -1.21. The molecule has 1 aliphatic rings. The molecular weight excluding hydrogens is 276 g/mol. The molecule has 21 heavy (non-hydrogen) atoms. The summed E-state index contributed by atoms with van der Waals surface area (Å²) in [4.78, 5) is 14.0. The summed E-state index contributed by atoms with van der Waals surface area (Å²) in [6, 6.07) is 8.86. The SMILES string of the molecule is C[Si](C)(C)c1ccc(CNCC(=O)N2CCCCC2)cc1. The van der Waals surface area contributed by atoms with Crippen molar-refractivity contribution in [2.75, 3.05) is 19.6 Å². The van der Waals surface area contributed by atoms with Gasteiger partial charge in [-0.05, 0) is 24.8 Å². The second kappa shape index (κ2) is 7.23. The molecule has 0 atom stereocenters. The number of amides is 1. The van der Waals surface area contributed by atoms with Gasteiger partial charge in [-0.15, -0.1) is 0 Å². The van der Waals surface area contributed by atoms with Gasteiger partial charge in [-0.2, -0.15) is 0 Å². The molecule has 1 amide bonds. The van der Waals surface area contributed by atoms with Crippen molar-refractivity contribution in [2.24, 2.45) is 0 Å². The molecule has 1 aliphatic heterocycles. The standard InChI is InChI=1S/C17H28N2OSi/c1-21(2,3)16-9-7-15(8-10-16)13-18-14-17(20)19-11-5-4-6-12-19/h7-10,18H,4-6,11-14H2,1-3H3. The number of nitrogens with zero attached hydrogens (tertiary/aromatic N) is 1. The Morgan fingerprint density at radius 3 is 2.29 bits per heavy atom. The van der Waals surface area contributed by atoms with Gasteiger partial charge in [0, 0.05) is 19.6 Å². The lowest BCUT2D eigenvalue weighted by molar-refractivity contribution is -0.131. The largest absolute Gasteiger partial charge is 0.342 e. The van der Waals surface area contributed by atoms with Crippen LogP contribution in [0.5, 0.6) is 0 Å². The van der Waals surface area contributed by atoms with E-state index in [0.29, 0.717) is 6.54 Å². The number of nitrogens with one attached hydrogen (secondary N) is 1. The molecule has 116 valence electrons. The van der Waals surface area contributed by atoms with Crippen molar-refractivity contribution in [1.82, 2.24) is 10.2 Å². The maximum Gasteiger partial charge on any atom is 0.236 e. The summed E-state index contributed by atoms with van der Waals surface area (Å²) in [5, 5.41) is 4.76. The van der Waals surface area contributed by atoms with E-state index < -0.39 is 8.07 Å². The average Bonchev–Trinajstić information content (AvgIpc) is 2.47. The summed E-state index contributed by atoms with van der Waals surface area (Å²) in [5.74, 6) is 0.244. The Kier molecular flexibility index (Phi) is 5.59. The van der Waals surface area contributed by atoms with E-state index in [4.69, 9.17) is 0 Å². The van der Waals surface area contributed by atoms with Gasteiger partial charge < -0.3 is 10.2 Å². The molecule has 1 aromatic carbocycles. The van der Waals surface area contributed by atoms with Crippen molar-refractivity contribution in [3.63, 3.8) is 0 Å². The first-order valence-corrected chi connectivity index (χ1v) is 11.5. The molecule has 1 aromatic rings. The Balaban J connectivity index is 1.76. The molecule has 0 unspecified atom stereocenters. The number of likely N-dealkylation sites (tertiary alicyclic amines) is 1. The maximum absolute atomic E-state index is 12.0. The van der Waals surface area contributed by atoms with E-state index in [1.165, 1.54) is 17.2 Å². The zero-order valence-corrected chi connectivity index (χ0v) is 14.6. The van der Waals surface area contributed by atoms with Crippen LogP contribution >= 0.6 is 0 Å². The number of carbonyl (C=O) groups excluding carboxylic acids is 1. The molecule has 4 heteroatoms. The Hall–Kier alpha value is -1.13. The molecule has 0 bridgehead atoms. The fourth-order valence-electron chi connectivity index (χ4n) is 2.69. The van der Waals surface area contributed by atoms with Gasteiger partial charge in [-0.25, -0.2) is 0 Å². The molecule has 0 aliphatic carbocycles. The van der Waals surface area contributed by atoms with Crippen LogP contribution in [0, 0.1) is 0 Å². The third-order valence-corrected chi connectivity index (χ3v) is 6.20. The van der Waals surface area contributed by atoms with E-state index in [-0.39, 0.29) is 5.91 Å². The highest BCUT2D eigenvalue weighted by molar-refractivity contribution is 6.88. The van der Waals surface area contributed by atoms with E-state index in [2.05, 4.69) is 49.2 Å². The molecule has 1 N–H and O–H groups in total. The van der Waals surface area contributed by atoms with Gasteiger partial charge in [0.2, 0.25) is 5.91 Å². The lowest BCUT2D eigenvalue weighted by atomic mass is 10.1. The van der Waals surface area contributed by atoms with E-state index in [1.807, 2.05) is 4.90 Å². The van der Waals surface area contributed by atoms with Crippen molar-refractivity contribution in [1.29, 1.82) is 0 Å². The van der Waals surface area contributed by atoms with Crippen molar-refractivity contribution in [3.05, 3.63) is 29.8 Å². The first-order valence-electron chi connectivity index (χ1n) is 8.05. The number of rotatable bonds is 5. The second-order valence-corrected chi connectivity index (χ2v) is 12.1. The number of carbonyl (C=O) groups is 1. The van der Waals surface area contributed by atoms with Crippen LogP contribution in [0.1, 0.15) is 24.8 Å². The van der Waals surface area contributed by atoms with Crippen LogP contribution < -0.4 is 10.5 Å². The molecule has 0 aromatic heterocycles. The van der Waals surface area contributed by atoms with Gasteiger partial charge in [0.05, 0.1) is 14.6 Å². The molecule has 1 heterocycles. The van der Waals surface area contributed by atoms with E-state index in [9.17, 15) is 4.79 Å². The van der Waals surface area contributed by atoms with Crippen LogP contribution in [0.2, 0.25) is 19.6 Å². The number of hydrogen-bond acceptors (Lipinski definition) is 2. The smallest absolute Gasteiger partial charge is 0.236 e. The zero-order chi connectivity index (χ0) is 15.3. The van der Waals surface area contributed by atoms with Crippen LogP contribution in [0.3, 0.4) is 0 Å². The van der Waals surface area contributed by atoms with Gasteiger partial charge in [-0.1, -0.05) is 49.1 Å². The number of piperidine rings is 1. The molecule has 0 radical (unpaired) electrons. The predicted octanol–water partition coefficient (Wildman–Crippen LogP) is 2.33. The fraction of sp³-hybridized carbons (Fsp3) is 0.588. The Bertz CT molecular complexity index is 459. The summed E-state index contributed by atoms with van der Waals surface area (Å²) in [6.45, 7) is 10.2. The molecule has 2 rings (SSSR count). The minimum Gasteiger partial charge on any atom is -0.342 e. The van der Waals surface area contributed by atoms with Crippen molar-refractivity contribution >= 4 is 19.2 Å². The molecule has 0 saturated carbocycles. The van der Waals surface area contributed by atoms with Gasteiger partial charge in [-0.3, -0.25) is 4.79 Å². The van der Waals surface area contributed by atoms with Gasteiger partial charge in [0.25, 0.3) is 0 Å². The predicted molar refractivity (Wildman–Crippen MR) is 91.6 cm³/mol. The van der Waals surface area contributed by atoms with Gasteiger partial charge in [0.1, 0.15) is 0 Å². The van der Waals surface area contributed by atoms with E-state index in [1.54, 1.807) is 0 Å². The third-order valence-electron chi connectivity index (χ3n) is 4.13. The number of hydrogen-bond donors (Lipinski definition) is 1. The molecule has 1 saturated heterocycles. The van der Waals surface area contributed by atoms with Gasteiger partial charge in [0.15, 0.2) is 0 Å². The topological polar surface area (TPSA) is 32.3 Å². The highest BCUT2D eigenvalue weighted by Crippen LogP contribution is 2.08. The quantitative estimate of drug-likeness (QED) is 0.847. The maximum atomic E-state index is 12.0. The number of benzene rings is 1. The summed E-state index contributed by atoms with van der Waals surface area (Å²) in [5.41, 5.74) is 1.25. The molecule has 3 nitrogen and oxygen atoms in total. The van der Waals surface area contributed by atoms with E-state index in [0.717, 1.165) is 32.5 Å². The average molecular weight is 305 g/mol. The molecular formula is C17H28N2OSi. The summed E-state index contributed by atoms with van der Waals surface area (Å²) < 4.78 is 0. The third kappa shape index (κ3) is 4.97. The van der Waals surface area contributed by atoms with Crippen LogP contribution in [-0.4, -0.2) is 38.5 Å². The lowest BCUT2D eigenvalue weighted by Crippen LogP contribution is -2.41. The monoisotopic (exact) mass is 304 g/mol. The fourth-order valence-corrected chi connectivity index (χ4v) is 3.86. The first kappa shape index (κ1) is 16.2. The minimum absolute atomic E-state index is 0.244. The van der Waals surface area contributed by atoms with Crippen LogP contribution in [0.15, 0.2) is 24.3 Å². The lowest BCUT2D eigenvalue weighted by Gasteiger charge is -2.26. The van der Waals surface area contributed by atoms with Crippen molar-refractivity contribution in [3.8, 4) is 0 Å². The van der Waals surface area contributed by atoms with Crippen LogP contribution in [-0.2, 0) is 11.3 Å². The Morgan fingerprint density at radius 2 is 1.71 bits per heavy atom. The summed E-state index contributed by atoms with van der Waals surface area (Å²) >= 11 is 0. The minimum atomic E-state index is -1.21. The second-order valence-electron chi connectivity index (χ2n) is 6.99. The van der Waals surface area contributed by atoms with E-state index >= 15 is 0 Å². The van der Waals surface area contributed by atoms with Crippen molar-refractivity contribution < 1.29 is 4.79 Å². The molecule has 1 fully saturated rings. The van der Waals surface area contributed by atoms with Crippen molar-refractivity contribution in [2.45, 2.75) is 45.4 Å². The highest BCUT2D eigenvalue weighted by atomic mass is 28.3. The van der Waals surface area contributed by atoms with Gasteiger partial charge >= 0.3 is 0 Å².